The van der Waals surface area contributed by atoms with Crippen molar-refractivity contribution in [1.29, 1.82) is 0 Å². The first-order valence-electron chi connectivity index (χ1n) is 13.4. The van der Waals surface area contributed by atoms with Crippen molar-refractivity contribution in [2.24, 2.45) is 5.16 Å². The Kier molecular flexibility index (Phi) is 6.78. The zero-order valence-corrected chi connectivity index (χ0v) is 21.7. The number of nitrogen functional groups attached to an aromatic ring is 1. The van der Waals surface area contributed by atoms with Gasteiger partial charge < -0.3 is 15.8 Å². The molecule has 3 N–H and O–H groups in total. The molecule has 2 aromatic carbocycles. The van der Waals surface area contributed by atoms with Crippen molar-refractivity contribution < 1.29 is 5.21 Å². The van der Waals surface area contributed by atoms with Gasteiger partial charge in [-0.2, -0.15) is 5.10 Å². The fraction of sp³-hybridized carbons (Fsp3) is 0.379. The number of fused-ring (bicyclic) bond motifs is 1. The Labute approximate surface area is 222 Å². The molecule has 3 heterocycles. The molecular formula is C29H34N8O. The number of hydrogen-bond acceptors (Lipinski definition) is 8. The van der Waals surface area contributed by atoms with Gasteiger partial charge in [-0.1, -0.05) is 59.8 Å². The SMILES string of the molecule is CN1CCN(C2CCC(n3nc(-c4ccc(/C(=N/O)c5ccccc5)cc4)c4c(N)ncnc43)CC2)CC1. The maximum absolute atomic E-state index is 9.69. The van der Waals surface area contributed by atoms with E-state index in [1.807, 2.05) is 54.6 Å². The quantitative estimate of drug-likeness (QED) is 0.237. The van der Waals surface area contributed by atoms with Gasteiger partial charge in [-0.05, 0) is 32.7 Å². The smallest absolute Gasteiger partial charge is 0.164 e. The van der Waals surface area contributed by atoms with E-state index in [0.717, 1.165) is 72.4 Å². The van der Waals surface area contributed by atoms with Gasteiger partial charge in [0.15, 0.2) is 5.65 Å². The lowest BCUT2D eigenvalue weighted by molar-refractivity contribution is 0.0815. The van der Waals surface area contributed by atoms with Crippen LogP contribution in [0.1, 0.15) is 42.9 Å². The highest BCUT2D eigenvalue weighted by Crippen LogP contribution is 2.37. The lowest BCUT2D eigenvalue weighted by atomic mass is 9.90. The van der Waals surface area contributed by atoms with Gasteiger partial charge in [0.2, 0.25) is 0 Å². The van der Waals surface area contributed by atoms with Crippen LogP contribution in [0.25, 0.3) is 22.3 Å². The van der Waals surface area contributed by atoms with Crippen LogP contribution < -0.4 is 5.73 Å². The van der Waals surface area contributed by atoms with Gasteiger partial charge in [-0.15, -0.1) is 0 Å². The Morgan fingerprint density at radius 2 is 1.53 bits per heavy atom. The Balaban J connectivity index is 1.27. The van der Waals surface area contributed by atoms with Gasteiger partial charge in [0.05, 0.1) is 11.4 Å². The number of aromatic nitrogens is 4. The first-order valence-corrected chi connectivity index (χ1v) is 13.4. The zero-order chi connectivity index (χ0) is 26.1. The summed E-state index contributed by atoms with van der Waals surface area (Å²) in [5.74, 6) is 0.438. The molecule has 2 aromatic heterocycles. The maximum Gasteiger partial charge on any atom is 0.164 e. The van der Waals surface area contributed by atoms with Crippen molar-refractivity contribution in [3.63, 3.8) is 0 Å². The standard InChI is InChI=1S/C29H34N8O/c1-35-15-17-36(18-16-35)23-11-13-24(14-12-23)37-29-25(28(30)31-19-32-29)27(33-37)22-9-7-21(8-10-22)26(34-38)20-5-3-2-4-6-20/h2-10,19,23-24,38H,11-18H2,1H3,(H2,30,31,32)/b34-26+. The summed E-state index contributed by atoms with van der Waals surface area (Å²) in [6, 6.07) is 18.5. The van der Waals surface area contributed by atoms with E-state index in [9.17, 15) is 5.21 Å². The van der Waals surface area contributed by atoms with Crippen LogP contribution in [0.5, 0.6) is 0 Å². The third-order valence-corrected chi connectivity index (χ3v) is 8.16. The molecule has 2 aliphatic rings. The molecule has 9 nitrogen and oxygen atoms in total. The van der Waals surface area contributed by atoms with Crippen molar-refractivity contribution in [2.75, 3.05) is 39.0 Å². The van der Waals surface area contributed by atoms with Crippen molar-refractivity contribution in [3.8, 4) is 11.3 Å². The molecule has 2 fully saturated rings. The van der Waals surface area contributed by atoms with Crippen LogP contribution in [0.3, 0.4) is 0 Å². The fourth-order valence-corrected chi connectivity index (χ4v) is 5.97. The van der Waals surface area contributed by atoms with E-state index < -0.39 is 0 Å². The summed E-state index contributed by atoms with van der Waals surface area (Å²) in [5, 5.41) is 19.1. The number of piperazine rings is 1. The van der Waals surface area contributed by atoms with Gasteiger partial charge in [0.25, 0.3) is 0 Å². The van der Waals surface area contributed by atoms with Crippen LogP contribution in [0.4, 0.5) is 5.82 Å². The molecule has 1 saturated carbocycles. The molecule has 0 amide bonds. The Morgan fingerprint density at radius 3 is 2.21 bits per heavy atom. The van der Waals surface area contributed by atoms with Crippen LogP contribution in [0.15, 0.2) is 66.1 Å². The topological polar surface area (TPSA) is 109 Å². The minimum absolute atomic E-state index is 0.287. The number of oxime groups is 1. The summed E-state index contributed by atoms with van der Waals surface area (Å²) in [7, 11) is 2.21. The first-order chi connectivity index (χ1) is 18.6. The summed E-state index contributed by atoms with van der Waals surface area (Å²) in [5.41, 5.74) is 11.1. The summed E-state index contributed by atoms with van der Waals surface area (Å²) < 4.78 is 2.08. The maximum atomic E-state index is 9.69. The Morgan fingerprint density at radius 1 is 0.868 bits per heavy atom. The molecule has 1 aliphatic carbocycles. The molecule has 0 atom stereocenters. The van der Waals surface area contributed by atoms with Crippen LogP contribution in [0, 0.1) is 0 Å². The van der Waals surface area contributed by atoms with Gasteiger partial charge in [0.1, 0.15) is 23.6 Å². The van der Waals surface area contributed by atoms with Crippen molar-refractivity contribution in [3.05, 3.63) is 72.1 Å². The van der Waals surface area contributed by atoms with E-state index in [-0.39, 0.29) is 6.04 Å². The van der Waals surface area contributed by atoms with Gasteiger partial charge in [-0.25, -0.2) is 14.6 Å². The molecular weight excluding hydrogens is 476 g/mol. The molecule has 1 saturated heterocycles. The second-order valence-corrected chi connectivity index (χ2v) is 10.4. The second-order valence-electron chi connectivity index (χ2n) is 10.4. The molecule has 0 bridgehead atoms. The van der Waals surface area contributed by atoms with Crippen molar-refractivity contribution in [1.82, 2.24) is 29.5 Å². The molecule has 6 rings (SSSR count). The molecule has 0 unspecified atom stereocenters. The van der Waals surface area contributed by atoms with Crippen molar-refractivity contribution >= 4 is 22.6 Å². The molecule has 38 heavy (non-hydrogen) atoms. The summed E-state index contributed by atoms with van der Waals surface area (Å²) in [4.78, 5) is 14.0. The normalized spacial score (nSPS) is 21.7. The summed E-state index contributed by atoms with van der Waals surface area (Å²) in [6.07, 6.45) is 6.02. The number of nitrogens with two attached hydrogens (primary N) is 1. The Hall–Kier alpha value is -3.82. The van der Waals surface area contributed by atoms with Crippen LogP contribution in [-0.4, -0.2) is 79.7 Å². The lowest BCUT2D eigenvalue weighted by Gasteiger charge is -2.41. The van der Waals surface area contributed by atoms with Crippen LogP contribution in [-0.2, 0) is 0 Å². The Bertz CT molecular complexity index is 1420. The number of nitrogens with zero attached hydrogens (tertiary/aromatic N) is 7. The molecule has 196 valence electrons. The molecule has 0 spiro atoms. The van der Waals surface area contributed by atoms with E-state index in [0.29, 0.717) is 17.6 Å². The average molecular weight is 511 g/mol. The molecule has 0 radical (unpaired) electrons. The largest absolute Gasteiger partial charge is 0.410 e. The molecule has 1 aliphatic heterocycles. The summed E-state index contributed by atoms with van der Waals surface area (Å²) >= 11 is 0. The third-order valence-electron chi connectivity index (χ3n) is 8.16. The highest BCUT2D eigenvalue weighted by molar-refractivity contribution is 6.12. The van der Waals surface area contributed by atoms with Crippen molar-refractivity contribution in [2.45, 2.75) is 37.8 Å². The number of benzene rings is 2. The third kappa shape index (κ3) is 4.63. The number of anilines is 1. The zero-order valence-electron chi connectivity index (χ0n) is 21.7. The minimum Gasteiger partial charge on any atom is -0.410 e. The van der Waals surface area contributed by atoms with Crippen LogP contribution in [0.2, 0.25) is 0 Å². The highest BCUT2D eigenvalue weighted by Gasteiger charge is 2.30. The fourth-order valence-electron chi connectivity index (χ4n) is 5.97. The number of rotatable bonds is 5. The minimum atomic E-state index is 0.287. The van der Waals surface area contributed by atoms with Gasteiger partial charge in [0, 0.05) is 48.9 Å². The van der Waals surface area contributed by atoms with E-state index in [1.54, 1.807) is 0 Å². The number of hydrogen-bond donors (Lipinski definition) is 2. The van der Waals surface area contributed by atoms with E-state index in [1.165, 1.54) is 19.2 Å². The summed E-state index contributed by atoms with van der Waals surface area (Å²) in [6.45, 7) is 4.62. The van der Waals surface area contributed by atoms with E-state index in [2.05, 4.69) is 36.7 Å². The van der Waals surface area contributed by atoms with E-state index >= 15 is 0 Å². The average Bonchev–Trinajstić information content (AvgIpc) is 3.36. The predicted molar refractivity (Wildman–Crippen MR) is 149 cm³/mol. The monoisotopic (exact) mass is 510 g/mol. The number of likely N-dealkylation sites (N-methyl/N-ethyl adjacent to an activating group) is 1. The van der Waals surface area contributed by atoms with Gasteiger partial charge in [-0.3, -0.25) is 4.90 Å². The second kappa shape index (κ2) is 10.5. The van der Waals surface area contributed by atoms with E-state index in [4.69, 9.17) is 10.8 Å². The molecule has 9 heteroatoms. The first kappa shape index (κ1) is 24.5. The predicted octanol–water partition coefficient (Wildman–Crippen LogP) is 4.03. The highest BCUT2D eigenvalue weighted by atomic mass is 16.4. The lowest BCUT2D eigenvalue weighted by Crippen LogP contribution is -2.49. The van der Waals surface area contributed by atoms with Gasteiger partial charge >= 0.3 is 0 Å². The molecule has 4 aromatic rings. The van der Waals surface area contributed by atoms with Crippen LogP contribution >= 0.6 is 0 Å².